The number of nitrogens with one attached hydrogen (secondary N) is 2. The molecule has 0 unspecified atom stereocenters. The highest BCUT2D eigenvalue weighted by Gasteiger charge is 2.04. The van der Waals surface area contributed by atoms with Crippen molar-refractivity contribution < 1.29 is 14.3 Å². The maximum atomic E-state index is 11.9. The van der Waals surface area contributed by atoms with Gasteiger partial charge in [-0.15, -0.1) is 0 Å². The van der Waals surface area contributed by atoms with E-state index >= 15 is 0 Å². The number of allylic oxidation sites excluding steroid dienone is 1. The molecule has 1 heterocycles. The Morgan fingerprint density at radius 1 is 1.12 bits per heavy atom. The van der Waals surface area contributed by atoms with Gasteiger partial charge in [0.25, 0.3) is 0 Å². The van der Waals surface area contributed by atoms with Crippen molar-refractivity contribution in [3.8, 4) is 0 Å². The Morgan fingerprint density at radius 3 is 2.75 bits per heavy atom. The van der Waals surface area contributed by atoms with Crippen LogP contribution in [-0.2, 0) is 22.6 Å². The molecule has 1 amide bonds. The molecular formula is C25H26N4O3. The lowest BCUT2D eigenvalue weighted by atomic mass is 10.1. The van der Waals surface area contributed by atoms with Crippen LogP contribution in [0.3, 0.4) is 0 Å². The summed E-state index contributed by atoms with van der Waals surface area (Å²) in [7, 11) is 0. The smallest absolute Gasteiger partial charge is 0.244 e. The zero-order valence-corrected chi connectivity index (χ0v) is 18.2. The predicted octanol–water partition coefficient (Wildman–Crippen LogP) is 3.97. The summed E-state index contributed by atoms with van der Waals surface area (Å²) in [6.45, 7) is 4.65. The number of hydrogen-bond donors (Lipinski definition) is 2. The average Bonchev–Trinajstić information content (AvgIpc) is 3.11. The van der Waals surface area contributed by atoms with Gasteiger partial charge in [-0.2, -0.15) is 0 Å². The summed E-state index contributed by atoms with van der Waals surface area (Å²) in [5.74, 6) is 0.468. The van der Waals surface area contributed by atoms with E-state index in [2.05, 4.69) is 14.9 Å². The van der Waals surface area contributed by atoms with Crippen LogP contribution in [-0.4, -0.2) is 33.7 Å². The second-order valence-electron chi connectivity index (χ2n) is 7.21. The van der Waals surface area contributed by atoms with Crippen LogP contribution >= 0.6 is 0 Å². The van der Waals surface area contributed by atoms with Crippen molar-refractivity contribution >= 4 is 28.6 Å². The molecule has 164 valence electrons. The number of Topliss-reactive ketones (excluding diaryl/α,β-unsaturated/α-hetero) is 1. The van der Waals surface area contributed by atoms with Gasteiger partial charge >= 0.3 is 0 Å². The van der Waals surface area contributed by atoms with Crippen LogP contribution in [0.2, 0.25) is 0 Å². The lowest BCUT2D eigenvalue weighted by Crippen LogP contribution is -2.20. The fourth-order valence-electron chi connectivity index (χ4n) is 3.16. The zero-order valence-electron chi connectivity index (χ0n) is 18.2. The first kappa shape index (κ1) is 22.7. The van der Waals surface area contributed by atoms with E-state index in [0.29, 0.717) is 18.7 Å². The first-order chi connectivity index (χ1) is 15.4. The molecule has 2 N–H and O–H groups in total. The van der Waals surface area contributed by atoms with Gasteiger partial charge in [-0.1, -0.05) is 36.4 Å². The van der Waals surface area contributed by atoms with Gasteiger partial charge < -0.3 is 14.6 Å². The van der Waals surface area contributed by atoms with E-state index in [1.807, 2.05) is 49.4 Å². The van der Waals surface area contributed by atoms with Crippen LogP contribution in [0.1, 0.15) is 28.7 Å². The molecule has 1 aromatic heterocycles. The van der Waals surface area contributed by atoms with E-state index in [0.717, 1.165) is 22.4 Å². The highest BCUT2D eigenvalue weighted by Crippen LogP contribution is 2.15. The van der Waals surface area contributed by atoms with Crippen LogP contribution in [0.25, 0.3) is 11.0 Å². The van der Waals surface area contributed by atoms with Crippen LogP contribution < -0.4 is 5.32 Å². The Morgan fingerprint density at radius 2 is 1.94 bits per heavy atom. The minimum atomic E-state index is -0.343. The summed E-state index contributed by atoms with van der Waals surface area (Å²) >= 11 is 0. The molecule has 7 nitrogen and oxygen atoms in total. The Bertz CT molecular complexity index is 1190. The number of fused-ring (bicyclic) bond motifs is 1. The maximum absolute atomic E-state index is 11.9. The Kier molecular flexibility index (Phi) is 7.70. The molecule has 0 saturated heterocycles. The first-order valence-electron chi connectivity index (χ1n) is 10.3. The van der Waals surface area contributed by atoms with E-state index in [1.54, 1.807) is 18.2 Å². The van der Waals surface area contributed by atoms with E-state index in [9.17, 15) is 9.59 Å². The molecule has 32 heavy (non-hydrogen) atoms. The summed E-state index contributed by atoms with van der Waals surface area (Å²) in [6.07, 6.45) is 6.35. The standard InChI is InChI=1S/C25H26N4O3/c1-18(30)21-9-7-8-20(16-21)17-27-25(31)13-12-24(26)32-15-6-5-14-29-19(2)28-22-10-3-4-11-23(22)29/h3-13,16,26H,14-15,17H2,1-2H3,(H,27,31)/b6-5-,13-12-,26-24?. The molecule has 0 aliphatic heterocycles. The summed E-state index contributed by atoms with van der Waals surface area (Å²) in [5, 5.41) is 10.5. The van der Waals surface area contributed by atoms with E-state index in [4.69, 9.17) is 10.1 Å². The normalized spacial score (nSPS) is 11.3. The van der Waals surface area contributed by atoms with Crippen LogP contribution in [0, 0.1) is 12.3 Å². The molecule has 3 aromatic rings. The number of aryl methyl sites for hydroxylation is 1. The van der Waals surface area contributed by atoms with E-state index in [1.165, 1.54) is 19.1 Å². The number of imidazole rings is 1. The first-order valence-corrected chi connectivity index (χ1v) is 10.3. The van der Waals surface area contributed by atoms with Crippen LogP contribution in [0.5, 0.6) is 0 Å². The second kappa shape index (κ2) is 10.9. The average molecular weight is 431 g/mol. The molecule has 0 atom stereocenters. The van der Waals surface area contributed by atoms with Gasteiger partial charge in [-0.3, -0.25) is 15.0 Å². The fourth-order valence-corrected chi connectivity index (χ4v) is 3.16. The number of benzene rings is 2. The number of nitrogens with zero attached hydrogens (tertiary/aromatic N) is 2. The summed E-state index contributed by atoms with van der Waals surface area (Å²) in [4.78, 5) is 27.9. The Labute approximate surface area is 186 Å². The molecule has 2 aromatic carbocycles. The molecule has 0 aliphatic rings. The highest BCUT2D eigenvalue weighted by molar-refractivity contribution is 5.96. The molecule has 0 aliphatic carbocycles. The molecule has 0 bridgehead atoms. The number of aromatic nitrogens is 2. The van der Waals surface area contributed by atoms with Gasteiger partial charge in [0.1, 0.15) is 12.4 Å². The molecule has 0 radical (unpaired) electrons. The number of rotatable bonds is 9. The molecule has 0 saturated carbocycles. The van der Waals surface area contributed by atoms with Crippen LogP contribution in [0.4, 0.5) is 0 Å². The molecule has 0 fully saturated rings. The second-order valence-corrected chi connectivity index (χ2v) is 7.21. The van der Waals surface area contributed by atoms with Crippen molar-refractivity contribution in [2.24, 2.45) is 0 Å². The van der Waals surface area contributed by atoms with E-state index < -0.39 is 0 Å². The number of hydrogen-bond acceptors (Lipinski definition) is 5. The number of para-hydroxylation sites is 2. The minimum absolute atomic E-state index is 0.0220. The maximum Gasteiger partial charge on any atom is 0.244 e. The van der Waals surface area contributed by atoms with Crippen molar-refractivity contribution in [1.29, 1.82) is 5.41 Å². The number of carbonyl (C=O) groups is 2. The van der Waals surface area contributed by atoms with Gasteiger partial charge in [-0.25, -0.2) is 4.98 Å². The number of ether oxygens (including phenoxy) is 1. The van der Waals surface area contributed by atoms with Crippen molar-refractivity contribution in [3.63, 3.8) is 0 Å². The monoisotopic (exact) mass is 430 g/mol. The highest BCUT2D eigenvalue weighted by atomic mass is 16.5. The largest absolute Gasteiger partial charge is 0.474 e. The number of carbonyl (C=O) groups excluding carboxylic acids is 2. The SMILES string of the molecule is CC(=O)c1cccc(CNC(=O)/C=C\C(=N)OC/C=C\Cn2c(C)nc3ccccc32)c1. The van der Waals surface area contributed by atoms with Crippen molar-refractivity contribution in [3.05, 3.63) is 89.8 Å². The van der Waals surface area contributed by atoms with Gasteiger partial charge in [0.2, 0.25) is 11.8 Å². The molecular weight excluding hydrogens is 404 g/mol. The predicted molar refractivity (Wildman–Crippen MR) is 125 cm³/mol. The number of amides is 1. The molecule has 7 heteroatoms. The van der Waals surface area contributed by atoms with Gasteiger partial charge in [0, 0.05) is 30.8 Å². The third-order valence-corrected chi connectivity index (χ3v) is 4.82. The van der Waals surface area contributed by atoms with Crippen LogP contribution in [0.15, 0.2) is 72.8 Å². The van der Waals surface area contributed by atoms with Gasteiger partial charge in [0.05, 0.1) is 11.0 Å². The Hall–Kier alpha value is -4.00. The third-order valence-electron chi connectivity index (χ3n) is 4.82. The lowest BCUT2D eigenvalue weighted by Gasteiger charge is -2.05. The minimum Gasteiger partial charge on any atom is -0.474 e. The Balaban J connectivity index is 1.40. The van der Waals surface area contributed by atoms with Gasteiger partial charge in [0.15, 0.2) is 5.78 Å². The quantitative estimate of drug-likeness (QED) is 0.176. The summed E-state index contributed by atoms with van der Waals surface area (Å²) in [5.41, 5.74) is 3.47. The van der Waals surface area contributed by atoms with Gasteiger partial charge in [-0.05, 0) is 43.7 Å². The molecule has 0 spiro atoms. The zero-order chi connectivity index (χ0) is 22.9. The summed E-state index contributed by atoms with van der Waals surface area (Å²) < 4.78 is 7.41. The van der Waals surface area contributed by atoms with Crippen molar-refractivity contribution in [1.82, 2.24) is 14.9 Å². The topological polar surface area (TPSA) is 97.1 Å². The number of ketones is 1. The third kappa shape index (κ3) is 6.25. The van der Waals surface area contributed by atoms with Crippen molar-refractivity contribution in [2.45, 2.75) is 26.9 Å². The molecule has 3 rings (SSSR count). The van der Waals surface area contributed by atoms with E-state index in [-0.39, 0.29) is 24.2 Å². The summed E-state index contributed by atoms with van der Waals surface area (Å²) in [6, 6.07) is 15.1. The fraction of sp³-hybridized carbons (Fsp3) is 0.200. The lowest BCUT2D eigenvalue weighted by molar-refractivity contribution is -0.116. The van der Waals surface area contributed by atoms with Crippen molar-refractivity contribution in [2.75, 3.05) is 6.61 Å².